The van der Waals surface area contributed by atoms with Crippen LogP contribution in [0.15, 0.2) is 72.8 Å². The smallest absolute Gasteiger partial charge is 0.165 e. The maximum absolute atomic E-state index is 4.94. The fraction of sp³-hybridized carbons (Fsp3) is 0.267. The van der Waals surface area contributed by atoms with E-state index in [1.807, 2.05) is 6.07 Å². The zero-order chi connectivity index (χ0) is 23.9. The molecule has 0 radical (unpaired) electrons. The van der Waals surface area contributed by atoms with Crippen molar-refractivity contribution in [1.29, 1.82) is 0 Å². The van der Waals surface area contributed by atoms with Crippen LogP contribution >= 0.6 is 0 Å². The summed E-state index contributed by atoms with van der Waals surface area (Å²) in [6, 6.07) is 25.9. The highest BCUT2D eigenvalue weighted by atomic mass is 15.4. The zero-order valence-electron chi connectivity index (χ0n) is 20.7. The number of fused-ring (bicyclic) bond motifs is 2. The Morgan fingerprint density at radius 3 is 2.34 bits per heavy atom. The average molecular weight is 462 g/mol. The van der Waals surface area contributed by atoms with Crippen LogP contribution in [0.4, 0.5) is 5.82 Å². The molecule has 5 heteroatoms. The van der Waals surface area contributed by atoms with Gasteiger partial charge in [-0.1, -0.05) is 66.7 Å². The Morgan fingerprint density at radius 1 is 0.800 bits per heavy atom. The molecular formula is C30H31N5. The number of aryl methyl sites for hydroxylation is 3. The predicted molar refractivity (Wildman–Crippen MR) is 144 cm³/mol. The molecule has 2 aromatic heterocycles. The number of aromatic nitrogens is 3. The summed E-state index contributed by atoms with van der Waals surface area (Å²) in [7, 11) is 0. The average Bonchev–Trinajstić information content (AvgIpc) is 3.21. The standard InChI is InChI=1S/C30H31N5/c1-21-13-14-24-9-7-8-12-26(24)27(21)20-33-15-17-34(18-16-33)28-19-22(2)31-30-29(23(3)32-35(28)30)25-10-5-4-6-11-25/h4-14,19H,15-18,20H2,1-3H3. The monoisotopic (exact) mass is 461 g/mol. The molecule has 0 spiro atoms. The second-order valence-corrected chi connectivity index (χ2v) is 9.66. The quantitative estimate of drug-likeness (QED) is 0.339. The van der Waals surface area contributed by atoms with Crippen LogP contribution in [0.25, 0.3) is 27.5 Å². The minimum Gasteiger partial charge on any atom is -0.354 e. The van der Waals surface area contributed by atoms with Crippen LogP contribution in [0.5, 0.6) is 0 Å². The molecule has 1 aliphatic heterocycles. The fourth-order valence-electron chi connectivity index (χ4n) is 5.41. The highest BCUT2D eigenvalue weighted by molar-refractivity contribution is 5.86. The van der Waals surface area contributed by atoms with Crippen LogP contribution in [0.1, 0.15) is 22.5 Å². The lowest BCUT2D eigenvalue weighted by atomic mass is 9.99. The van der Waals surface area contributed by atoms with Crippen molar-refractivity contribution in [2.45, 2.75) is 27.3 Å². The second-order valence-electron chi connectivity index (χ2n) is 9.66. The largest absolute Gasteiger partial charge is 0.354 e. The third-order valence-electron chi connectivity index (χ3n) is 7.29. The molecule has 5 aromatic rings. The van der Waals surface area contributed by atoms with E-state index in [1.54, 1.807) is 0 Å². The van der Waals surface area contributed by atoms with Gasteiger partial charge in [-0.25, -0.2) is 4.98 Å². The van der Waals surface area contributed by atoms with E-state index in [2.05, 4.69) is 102 Å². The summed E-state index contributed by atoms with van der Waals surface area (Å²) in [6.45, 7) is 11.4. The first kappa shape index (κ1) is 21.8. The van der Waals surface area contributed by atoms with Crippen molar-refractivity contribution in [2.75, 3.05) is 31.1 Å². The van der Waals surface area contributed by atoms with Crippen LogP contribution < -0.4 is 4.90 Å². The summed E-state index contributed by atoms with van der Waals surface area (Å²) in [5.41, 5.74) is 8.10. The van der Waals surface area contributed by atoms with E-state index in [9.17, 15) is 0 Å². The Bertz CT molecular complexity index is 1510. The Labute approximate surface area is 206 Å². The van der Waals surface area contributed by atoms with Crippen molar-refractivity contribution in [3.8, 4) is 11.1 Å². The highest BCUT2D eigenvalue weighted by Gasteiger charge is 2.23. The Balaban J connectivity index is 1.27. The van der Waals surface area contributed by atoms with Gasteiger partial charge in [0.1, 0.15) is 5.82 Å². The van der Waals surface area contributed by atoms with Crippen LogP contribution in [0.2, 0.25) is 0 Å². The van der Waals surface area contributed by atoms with Gasteiger partial charge in [-0.05, 0) is 48.2 Å². The molecule has 0 aliphatic carbocycles. The molecule has 0 unspecified atom stereocenters. The first-order valence-corrected chi connectivity index (χ1v) is 12.5. The number of anilines is 1. The third-order valence-corrected chi connectivity index (χ3v) is 7.29. The SMILES string of the molecule is Cc1cc(N2CCN(Cc3c(C)ccc4ccccc34)CC2)n2nc(C)c(-c3ccccc3)c2n1. The van der Waals surface area contributed by atoms with Crippen LogP contribution in [-0.4, -0.2) is 45.7 Å². The molecular weight excluding hydrogens is 430 g/mol. The molecule has 0 saturated carbocycles. The Kier molecular flexibility index (Phi) is 5.50. The maximum atomic E-state index is 4.94. The van der Waals surface area contributed by atoms with Crippen molar-refractivity contribution in [1.82, 2.24) is 19.5 Å². The Hall–Kier alpha value is -3.70. The van der Waals surface area contributed by atoms with Crippen LogP contribution in [-0.2, 0) is 6.54 Å². The summed E-state index contributed by atoms with van der Waals surface area (Å²) in [5, 5.41) is 7.64. The van der Waals surface area contributed by atoms with E-state index in [-0.39, 0.29) is 0 Å². The lowest BCUT2D eigenvalue weighted by molar-refractivity contribution is 0.249. The van der Waals surface area contributed by atoms with Crippen molar-refractivity contribution in [3.63, 3.8) is 0 Å². The first-order valence-electron chi connectivity index (χ1n) is 12.5. The molecule has 0 bridgehead atoms. The number of rotatable bonds is 4. The van der Waals surface area contributed by atoms with Crippen molar-refractivity contribution in [2.24, 2.45) is 0 Å². The molecule has 0 atom stereocenters. The molecule has 5 nitrogen and oxygen atoms in total. The number of benzene rings is 3. The first-order chi connectivity index (χ1) is 17.1. The molecule has 3 aromatic carbocycles. The van der Waals surface area contributed by atoms with Gasteiger partial charge in [0.15, 0.2) is 5.65 Å². The number of hydrogen-bond acceptors (Lipinski definition) is 4. The van der Waals surface area contributed by atoms with E-state index in [0.29, 0.717) is 0 Å². The highest BCUT2D eigenvalue weighted by Crippen LogP contribution is 2.31. The van der Waals surface area contributed by atoms with E-state index >= 15 is 0 Å². The van der Waals surface area contributed by atoms with Gasteiger partial charge in [0.2, 0.25) is 0 Å². The Morgan fingerprint density at radius 2 is 1.54 bits per heavy atom. The van der Waals surface area contributed by atoms with Gasteiger partial charge in [0.05, 0.1) is 5.69 Å². The minimum atomic E-state index is 0.942. The predicted octanol–water partition coefficient (Wildman–Crippen LogP) is 5.80. The van der Waals surface area contributed by atoms with E-state index < -0.39 is 0 Å². The topological polar surface area (TPSA) is 36.7 Å². The normalized spacial score (nSPS) is 14.8. The van der Waals surface area contributed by atoms with E-state index in [0.717, 1.165) is 61.1 Å². The third kappa shape index (κ3) is 3.96. The molecule has 0 amide bonds. The van der Waals surface area contributed by atoms with Crippen molar-refractivity contribution in [3.05, 3.63) is 95.3 Å². The van der Waals surface area contributed by atoms with Crippen molar-refractivity contribution < 1.29 is 0 Å². The molecule has 1 saturated heterocycles. The lowest BCUT2D eigenvalue weighted by Crippen LogP contribution is -2.46. The van der Waals surface area contributed by atoms with Crippen LogP contribution in [0.3, 0.4) is 0 Å². The maximum Gasteiger partial charge on any atom is 0.165 e. The molecule has 3 heterocycles. The summed E-state index contributed by atoms with van der Waals surface area (Å²) in [4.78, 5) is 9.95. The second kappa shape index (κ2) is 8.82. The number of piperazine rings is 1. The van der Waals surface area contributed by atoms with Gasteiger partial charge in [-0.2, -0.15) is 9.61 Å². The summed E-state index contributed by atoms with van der Waals surface area (Å²) in [6.07, 6.45) is 0. The molecule has 1 aliphatic rings. The molecule has 176 valence electrons. The van der Waals surface area contributed by atoms with Gasteiger partial charge in [0, 0.05) is 50.0 Å². The zero-order valence-corrected chi connectivity index (χ0v) is 20.7. The lowest BCUT2D eigenvalue weighted by Gasteiger charge is -2.36. The number of hydrogen-bond donors (Lipinski definition) is 0. The minimum absolute atomic E-state index is 0.942. The molecule has 35 heavy (non-hydrogen) atoms. The fourth-order valence-corrected chi connectivity index (χ4v) is 5.41. The summed E-state index contributed by atoms with van der Waals surface area (Å²) >= 11 is 0. The van der Waals surface area contributed by atoms with Gasteiger partial charge in [0.25, 0.3) is 0 Å². The number of nitrogens with zero attached hydrogens (tertiary/aromatic N) is 5. The van der Waals surface area contributed by atoms with Crippen LogP contribution in [0, 0.1) is 20.8 Å². The molecule has 1 fully saturated rings. The van der Waals surface area contributed by atoms with E-state index in [4.69, 9.17) is 10.1 Å². The summed E-state index contributed by atoms with van der Waals surface area (Å²) in [5.74, 6) is 1.14. The molecule has 6 rings (SSSR count). The van der Waals surface area contributed by atoms with Crippen molar-refractivity contribution >= 4 is 22.2 Å². The van der Waals surface area contributed by atoms with E-state index in [1.165, 1.54) is 27.5 Å². The van der Waals surface area contributed by atoms with Gasteiger partial charge < -0.3 is 4.90 Å². The van der Waals surface area contributed by atoms with Gasteiger partial charge >= 0.3 is 0 Å². The van der Waals surface area contributed by atoms with Gasteiger partial charge in [-0.3, -0.25) is 4.90 Å². The summed E-state index contributed by atoms with van der Waals surface area (Å²) < 4.78 is 2.05. The van der Waals surface area contributed by atoms with Gasteiger partial charge in [-0.15, -0.1) is 0 Å². The molecule has 0 N–H and O–H groups in total.